The Morgan fingerprint density at radius 2 is 1.86 bits per heavy atom. The minimum Gasteiger partial charge on any atom is -0.389 e. The quantitative estimate of drug-likeness (QED) is 0.659. The van der Waals surface area contributed by atoms with Crippen molar-refractivity contribution in [3.05, 3.63) is 29.3 Å². The van der Waals surface area contributed by atoms with Gasteiger partial charge in [-0.3, -0.25) is 0 Å². The van der Waals surface area contributed by atoms with Gasteiger partial charge in [0.05, 0.1) is 4.90 Å². The maximum atomic E-state index is 12.5. The van der Waals surface area contributed by atoms with Crippen LogP contribution in [0.25, 0.3) is 0 Å². The topological polar surface area (TPSA) is 72.2 Å². The third-order valence-corrected chi connectivity index (χ3v) is 5.69. The van der Waals surface area contributed by atoms with Gasteiger partial charge >= 0.3 is 0 Å². The Kier molecular flexibility index (Phi) is 5.35. The van der Waals surface area contributed by atoms with Gasteiger partial charge in [0, 0.05) is 11.6 Å². The van der Waals surface area contributed by atoms with Gasteiger partial charge < -0.3 is 5.73 Å². The summed E-state index contributed by atoms with van der Waals surface area (Å²) in [6, 6.07) is 4.93. The zero-order valence-electron chi connectivity index (χ0n) is 12.3. The predicted octanol–water partition coefficient (Wildman–Crippen LogP) is 2.63. The lowest BCUT2D eigenvalue weighted by molar-refractivity contribution is 0.510. The average Bonchev–Trinajstić information content (AvgIpc) is 2.66. The average molecular weight is 326 g/mol. The van der Waals surface area contributed by atoms with Crippen molar-refractivity contribution in [1.82, 2.24) is 4.72 Å². The molecule has 0 aliphatic heterocycles. The molecule has 0 radical (unpaired) electrons. The molecule has 21 heavy (non-hydrogen) atoms. The number of rotatable bonds is 4. The molecule has 0 saturated heterocycles. The van der Waals surface area contributed by atoms with E-state index in [1.807, 2.05) is 6.92 Å². The molecule has 0 bridgehead atoms. The second-order valence-corrected chi connectivity index (χ2v) is 7.80. The van der Waals surface area contributed by atoms with Crippen LogP contribution in [0.3, 0.4) is 0 Å². The number of aryl methyl sites for hydroxylation is 1. The third-order valence-electron chi connectivity index (χ3n) is 3.95. The van der Waals surface area contributed by atoms with Gasteiger partial charge in [-0.25, -0.2) is 13.1 Å². The minimum absolute atomic E-state index is 0.0491. The van der Waals surface area contributed by atoms with E-state index in [1.165, 1.54) is 12.8 Å². The molecule has 116 valence electrons. The molecule has 1 saturated carbocycles. The zero-order chi connectivity index (χ0) is 15.5. The first-order chi connectivity index (χ1) is 9.90. The lowest BCUT2D eigenvalue weighted by Gasteiger charge is -2.17. The molecule has 3 N–H and O–H groups in total. The van der Waals surface area contributed by atoms with Crippen LogP contribution < -0.4 is 10.5 Å². The van der Waals surface area contributed by atoms with Gasteiger partial charge in [0.1, 0.15) is 4.99 Å². The highest BCUT2D eigenvalue weighted by Gasteiger charge is 2.21. The van der Waals surface area contributed by atoms with Crippen molar-refractivity contribution < 1.29 is 8.42 Å². The Labute approximate surface area is 132 Å². The zero-order valence-corrected chi connectivity index (χ0v) is 13.9. The lowest BCUT2D eigenvalue weighted by atomic mass is 10.1. The van der Waals surface area contributed by atoms with Crippen LogP contribution in [0.5, 0.6) is 0 Å². The second kappa shape index (κ2) is 6.85. The lowest BCUT2D eigenvalue weighted by Crippen LogP contribution is -2.34. The number of nitrogens with one attached hydrogen (secondary N) is 1. The molecule has 0 amide bonds. The molecule has 0 aromatic heterocycles. The highest BCUT2D eigenvalue weighted by molar-refractivity contribution is 7.89. The summed E-state index contributed by atoms with van der Waals surface area (Å²) in [6.07, 6.45) is 6.41. The summed E-state index contributed by atoms with van der Waals surface area (Å²) < 4.78 is 27.8. The summed E-state index contributed by atoms with van der Waals surface area (Å²) in [4.78, 5) is 0.567. The smallest absolute Gasteiger partial charge is 0.240 e. The van der Waals surface area contributed by atoms with E-state index >= 15 is 0 Å². The van der Waals surface area contributed by atoms with Crippen molar-refractivity contribution in [2.45, 2.75) is 56.4 Å². The largest absolute Gasteiger partial charge is 0.389 e. The highest BCUT2D eigenvalue weighted by atomic mass is 32.2. The van der Waals surface area contributed by atoms with Crippen LogP contribution in [0.1, 0.15) is 49.7 Å². The molecule has 1 aromatic carbocycles. The molecule has 0 heterocycles. The number of thiocarbonyl (C=S) groups is 1. The van der Waals surface area contributed by atoms with Crippen LogP contribution in [-0.4, -0.2) is 19.4 Å². The molecule has 1 aliphatic rings. The highest BCUT2D eigenvalue weighted by Crippen LogP contribution is 2.21. The molecule has 2 rings (SSSR count). The second-order valence-electron chi connectivity index (χ2n) is 5.65. The Balaban J connectivity index is 2.19. The van der Waals surface area contributed by atoms with Gasteiger partial charge in [-0.05, 0) is 37.5 Å². The van der Waals surface area contributed by atoms with Crippen molar-refractivity contribution in [2.75, 3.05) is 0 Å². The molecule has 4 nitrogen and oxygen atoms in total. The Morgan fingerprint density at radius 3 is 2.38 bits per heavy atom. The summed E-state index contributed by atoms with van der Waals surface area (Å²) in [5.41, 5.74) is 7.11. The molecule has 0 unspecified atom stereocenters. The SMILES string of the molecule is Cc1cc(S(=O)(=O)NC2CCCCCC2)ccc1C(N)=S. The monoisotopic (exact) mass is 326 g/mol. The van der Waals surface area contributed by atoms with Crippen LogP contribution >= 0.6 is 12.2 Å². The van der Waals surface area contributed by atoms with Crippen LogP contribution in [0, 0.1) is 6.92 Å². The number of benzene rings is 1. The van der Waals surface area contributed by atoms with Crippen LogP contribution in [0.2, 0.25) is 0 Å². The number of hydrogen-bond donors (Lipinski definition) is 2. The van der Waals surface area contributed by atoms with E-state index in [-0.39, 0.29) is 15.9 Å². The van der Waals surface area contributed by atoms with E-state index in [0.717, 1.165) is 36.8 Å². The van der Waals surface area contributed by atoms with Crippen LogP contribution in [0.4, 0.5) is 0 Å². The van der Waals surface area contributed by atoms with Crippen molar-refractivity contribution in [2.24, 2.45) is 5.73 Å². The van der Waals surface area contributed by atoms with Gasteiger partial charge in [-0.2, -0.15) is 0 Å². The molecule has 6 heteroatoms. The van der Waals surface area contributed by atoms with Gasteiger partial charge in [-0.15, -0.1) is 0 Å². The predicted molar refractivity (Wildman–Crippen MR) is 88.9 cm³/mol. The third kappa shape index (κ3) is 4.25. The maximum Gasteiger partial charge on any atom is 0.240 e. The van der Waals surface area contributed by atoms with E-state index in [0.29, 0.717) is 0 Å². The van der Waals surface area contributed by atoms with E-state index < -0.39 is 10.0 Å². The number of sulfonamides is 1. The maximum absolute atomic E-state index is 12.5. The molecule has 0 spiro atoms. The molecule has 1 aliphatic carbocycles. The summed E-state index contributed by atoms with van der Waals surface area (Å²) in [6.45, 7) is 1.82. The van der Waals surface area contributed by atoms with Gasteiger partial charge in [0.25, 0.3) is 0 Å². The fraction of sp³-hybridized carbons (Fsp3) is 0.533. The van der Waals surface area contributed by atoms with Gasteiger partial charge in [0.15, 0.2) is 0 Å². The van der Waals surface area contributed by atoms with E-state index in [9.17, 15) is 8.42 Å². The van der Waals surface area contributed by atoms with E-state index in [2.05, 4.69) is 4.72 Å². The van der Waals surface area contributed by atoms with E-state index in [1.54, 1.807) is 18.2 Å². The van der Waals surface area contributed by atoms with Crippen LogP contribution in [-0.2, 0) is 10.0 Å². The Hall–Kier alpha value is -0.980. The fourth-order valence-electron chi connectivity index (χ4n) is 2.76. The number of nitrogens with two attached hydrogens (primary N) is 1. The van der Waals surface area contributed by atoms with Crippen molar-refractivity contribution >= 4 is 27.2 Å². The summed E-state index contributed by atoms with van der Waals surface area (Å²) in [5, 5.41) is 0. The van der Waals surface area contributed by atoms with Crippen molar-refractivity contribution in [3.63, 3.8) is 0 Å². The Morgan fingerprint density at radius 1 is 1.24 bits per heavy atom. The van der Waals surface area contributed by atoms with Crippen molar-refractivity contribution in [3.8, 4) is 0 Å². The minimum atomic E-state index is -3.48. The summed E-state index contributed by atoms with van der Waals surface area (Å²) >= 11 is 4.94. The number of hydrogen-bond acceptors (Lipinski definition) is 3. The summed E-state index contributed by atoms with van der Waals surface area (Å²) in [5.74, 6) is 0. The van der Waals surface area contributed by atoms with E-state index in [4.69, 9.17) is 18.0 Å². The standard InChI is InChI=1S/C15H22N2O2S2/c1-11-10-13(8-9-14(11)15(16)20)21(18,19)17-12-6-4-2-3-5-7-12/h8-10,12,17H,2-7H2,1H3,(H2,16,20). The summed E-state index contributed by atoms with van der Waals surface area (Å²) in [7, 11) is -3.48. The first-order valence-electron chi connectivity index (χ1n) is 7.33. The fourth-order valence-corrected chi connectivity index (χ4v) is 4.38. The molecule has 1 fully saturated rings. The van der Waals surface area contributed by atoms with Crippen molar-refractivity contribution in [1.29, 1.82) is 0 Å². The van der Waals surface area contributed by atoms with Crippen LogP contribution in [0.15, 0.2) is 23.1 Å². The van der Waals surface area contributed by atoms with Gasteiger partial charge in [0.2, 0.25) is 10.0 Å². The van der Waals surface area contributed by atoms with Gasteiger partial charge in [-0.1, -0.05) is 44.0 Å². The molecular formula is C15H22N2O2S2. The first-order valence-corrected chi connectivity index (χ1v) is 9.22. The normalized spacial score (nSPS) is 17.4. The molecule has 0 atom stereocenters. The Bertz CT molecular complexity index is 619. The molecular weight excluding hydrogens is 304 g/mol. The molecule has 1 aromatic rings. The first kappa shape index (κ1) is 16.4.